The summed E-state index contributed by atoms with van der Waals surface area (Å²) in [5.41, 5.74) is 3.71. The van der Waals surface area contributed by atoms with E-state index in [1.54, 1.807) is 42.4 Å². The number of aryl methyl sites for hydroxylation is 1. The van der Waals surface area contributed by atoms with Gasteiger partial charge in [-0.05, 0) is 61.0 Å². The number of carboxylic acid groups (broad SMARTS) is 1. The summed E-state index contributed by atoms with van der Waals surface area (Å²) in [4.78, 5) is 30.6. The molecular weight excluding hydrogens is 392 g/mol. The van der Waals surface area contributed by atoms with Crippen LogP contribution in [0.3, 0.4) is 0 Å². The standard InChI is InChI=1S/C25H20N2O4/c1-16-4-3-5-19(14-16)23-26-22(15-17-6-8-18(9-7-17)25(29)30)24(28)27(23)20-10-12-21(31-2)13-11-20/h3-15H,1-2H3,(H,29,30)/b22-15+. The highest BCUT2D eigenvalue weighted by Crippen LogP contribution is 2.29. The van der Waals surface area contributed by atoms with Gasteiger partial charge in [0.05, 0.1) is 18.4 Å². The summed E-state index contributed by atoms with van der Waals surface area (Å²) >= 11 is 0. The van der Waals surface area contributed by atoms with Gasteiger partial charge in [-0.3, -0.25) is 9.69 Å². The Bertz CT molecular complexity index is 1210. The molecule has 0 aromatic heterocycles. The van der Waals surface area contributed by atoms with Crippen molar-refractivity contribution in [2.75, 3.05) is 12.0 Å². The number of methoxy groups -OCH3 is 1. The summed E-state index contributed by atoms with van der Waals surface area (Å²) in [6.45, 7) is 1.99. The van der Waals surface area contributed by atoms with E-state index in [1.165, 1.54) is 12.1 Å². The van der Waals surface area contributed by atoms with Crippen molar-refractivity contribution in [1.82, 2.24) is 0 Å². The van der Waals surface area contributed by atoms with Gasteiger partial charge in [0.1, 0.15) is 17.3 Å². The minimum Gasteiger partial charge on any atom is -0.497 e. The number of aliphatic imine (C=N–C) groups is 1. The molecule has 0 radical (unpaired) electrons. The van der Waals surface area contributed by atoms with Crippen molar-refractivity contribution in [2.45, 2.75) is 6.92 Å². The van der Waals surface area contributed by atoms with E-state index in [1.807, 2.05) is 43.3 Å². The van der Waals surface area contributed by atoms with Crippen molar-refractivity contribution in [3.63, 3.8) is 0 Å². The third-order valence-electron chi connectivity index (χ3n) is 4.93. The van der Waals surface area contributed by atoms with Gasteiger partial charge < -0.3 is 9.84 Å². The Hall–Kier alpha value is -4.19. The molecule has 1 aliphatic heterocycles. The van der Waals surface area contributed by atoms with Gasteiger partial charge in [-0.1, -0.05) is 35.9 Å². The van der Waals surface area contributed by atoms with E-state index in [-0.39, 0.29) is 17.2 Å². The molecule has 3 aromatic rings. The zero-order valence-corrected chi connectivity index (χ0v) is 17.1. The third-order valence-corrected chi connectivity index (χ3v) is 4.93. The first-order chi connectivity index (χ1) is 15.0. The van der Waals surface area contributed by atoms with Crippen molar-refractivity contribution in [3.8, 4) is 5.75 Å². The van der Waals surface area contributed by atoms with Gasteiger partial charge in [0.15, 0.2) is 0 Å². The van der Waals surface area contributed by atoms with Crippen LogP contribution in [0.5, 0.6) is 5.75 Å². The summed E-state index contributed by atoms with van der Waals surface area (Å²) in [6, 6.07) is 21.3. The smallest absolute Gasteiger partial charge is 0.335 e. The SMILES string of the molecule is COc1ccc(N2C(=O)/C(=C\c3ccc(C(=O)O)cc3)N=C2c2cccc(C)c2)cc1. The molecule has 0 spiro atoms. The molecule has 0 saturated carbocycles. The Morgan fingerprint density at radius 2 is 1.74 bits per heavy atom. The molecule has 1 amide bonds. The maximum absolute atomic E-state index is 13.3. The molecule has 154 valence electrons. The highest BCUT2D eigenvalue weighted by molar-refractivity contribution is 6.33. The molecule has 0 saturated heterocycles. The van der Waals surface area contributed by atoms with Crippen LogP contribution in [0.1, 0.15) is 27.0 Å². The quantitative estimate of drug-likeness (QED) is 0.624. The maximum atomic E-state index is 13.3. The number of carbonyl (C=O) groups excluding carboxylic acids is 1. The molecule has 3 aromatic carbocycles. The van der Waals surface area contributed by atoms with Gasteiger partial charge in [-0.2, -0.15) is 0 Å². The lowest BCUT2D eigenvalue weighted by Gasteiger charge is -2.19. The van der Waals surface area contributed by atoms with Crippen LogP contribution in [0.15, 0.2) is 83.5 Å². The lowest BCUT2D eigenvalue weighted by Crippen LogP contribution is -2.32. The number of rotatable bonds is 5. The van der Waals surface area contributed by atoms with Gasteiger partial charge in [-0.25, -0.2) is 9.79 Å². The lowest BCUT2D eigenvalue weighted by atomic mass is 10.1. The van der Waals surface area contributed by atoms with Gasteiger partial charge >= 0.3 is 5.97 Å². The molecule has 1 heterocycles. The number of carboxylic acids is 1. The molecule has 31 heavy (non-hydrogen) atoms. The van der Waals surface area contributed by atoms with Crippen LogP contribution in [-0.4, -0.2) is 29.9 Å². The first kappa shape index (κ1) is 20.1. The van der Waals surface area contributed by atoms with Crippen molar-refractivity contribution >= 4 is 29.5 Å². The van der Waals surface area contributed by atoms with E-state index in [2.05, 4.69) is 4.99 Å². The third kappa shape index (κ3) is 4.09. The normalized spacial score (nSPS) is 14.6. The number of anilines is 1. The Labute approximate surface area is 179 Å². The van der Waals surface area contributed by atoms with Gasteiger partial charge in [0, 0.05) is 5.56 Å². The summed E-state index contributed by atoms with van der Waals surface area (Å²) in [5.74, 6) is -0.0310. The van der Waals surface area contributed by atoms with Crippen molar-refractivity contribution in [1.29, 1.82) is 0 Å². The maximum Gasteiger partial charge on any atom is 0.335 e. The first-order valence-electron chi connectivity index (χ1n) is 9.65. The highest BCUT2D eigenvalue weighted by Gasteiger charge is 2.32. The van der Waals surface area contributed by atoms with E-state index in [0.29, 0.717) is 22.8 Å². The lowest BCUT2D eigenvalue weighted by molar-refractivity contribution is -0.113. The van der Waals surface area contributed by atoms with Gasteiger partial charge in [0.25, 0.3) is 5.91 Å². The molecule has 0 aliphatic carbocycles. The number of hydrogen-bond acceptors (Lipinski definition) is 4. The van der Waals surface area contributed by atoms with Crippen LogP contribution in [0.2, 0.25) is 0 Å². The fraction of sp³-hybridized carbons (Fsp3) is 0.0800. The van der Waals surface area contributed by atoms with E-state index < -0.39 is 5.97 Å². The molecule has 4 rings (SSSR count). The van der Waals surface area contributed by atoms with Crippen molar-refractivity contribution < 1.29 is 19.4 Å². The fourth-order valence-electron chi connectivity index (χ4n) is 3.35. The van der Waals surface area contributed by atoms with Crippen LogP contribution in [-0.2, 0) is 4.79 Å². The average Bonchev–Trinajstić information content (AvgIpc) is 3.10. The number of nitrogens with zero attached hydrogens (tertiary/aromatic N) is 2. The second kappa shape index (κ2) is 8.28. The number of benzene rings is 3. The van der Waals surface area contributed by atoms with E-state index in [4.69, 9.17) is 9.84 Å². The topological polar surface area (TPSA) is 79.2 Å². The molecular formula is C25H20N2O4. The number of amidine groups is 1. The predicted molar refractivity (Wildman–Crippen MR) is 120 cm³/mol. The number of hydrogen-bond donors (Lipinski definition) is 1. The molecule has 1 aliphatic rings. The van der Waals surface area contributed by atoms with Crippen molar-refractivity contribution in [3.05, 3.63) is 101 Å². The van der Waals surface area contributed by atoms with Crippen LogP contribution >= 0.6 is 0 Å². The van der Waals surface area contributed by atoms with Crippen LogP contribution in [0, 0.1) is 6.92 Å². The van der Waals surface area contributed by atoms with Crippen LogP contribution in [0.4, 0.5) is 5.69 Å². The van der Waals surface area contributed by atoms with Gasteiger partial charge in [-0.15, -0.1) is 0 Å². The Balaban J connectivity index is 1.78. The average molecular weight is 412 g/mol. The fourth-order valence-corrected chi connectivity index (χ4v) is 3.35. The van der Waals surface area contributed by atoms with E-state index >= 15 is 0 Å². The molecule has 6 nitrogen and oxygen atoms in total. The van der Waals surface area contributed by atoms with Gasteiger partial charge in [0.2, 0.25) is 0 Å². The molecule has 0 bridgehead atoms. The Morgan fingerprint density at radius 1 is 1.03 bits per heavy atom. The van der Waals surface area contributed by atoms with Crippen LogP contribution in [0.25, 0.3) is 6.08 Å². The Kier molecular flexibility index (Phi) is 5.37. The summed E-state index contributed by atoms with van der Waals surface area (Å²) < 4.78 is 5.23. The summed E-state index contributed by atoms with van der Waals surface area (Å²) in [7, 11) is 1.59. The molecule has 1 N–H and O–H groups in total. The molecule has 0 unspecified atom stereocenters. The minimum absolute atomic E-state index is 0.184. The molecule has 6 heteroatoms. The first-order valence-corrected chi connectivity index (χ1v) is 9.65. The largest absolute Gasteiger partial charge is 0.497 e. The number of carbonyl (C=O) groups is 2. The van der Waals surface area contributed by atoms with E-state index in [0.717, 1.165) is 11.1 Å². The molecule has 0 fully saturated rings. The number of amides is 1. The second-order valence-electron chi connectivity index (χ2n) is 7.10. The molecule has 0 atom stereocenters. The van der Waals surface area contributed by atoms with Crippen molar-refractivity contribution in [2.24, 2.45) is 4.99 Å². The number of ether oxygens (including phenoxy) is 1. The zero-order valence-electron chi connectivity index (χ0n) is 17.1. The second-order valence-corrected chi connectivity index (χ2v) is 7.10. The number of aromatic carboxylic acids is 1. The highest BCUT2D eigenvalue weighted by atomic mass is 16.5. The summed E-state index contributed by atoms with van der Waals surface area (Å²) in [6.07, 6.45) is 1.66. The van der Waals surface area contributed by atoms with E-state index in [9.17, 15) is 9.59 Å². The van der Waals surface area contributed by atoms with Crippen LogP contribution < -0.4 is 9.64 Å². The zero-order chi connectivity index (χ0) is 22.0. The minimum atomic E-state index is -0.999. The monoisotopic (exact) mass is 412 g/mol. The predicted octanol–water partition coefficient (Wildman–Crippen LogP) is 4.54. The Morgan fingerprint density at radius 3 is 2.35 bits per heavy atom. The summed E-state index contributed by atoms with van der Waals surface area (Å²) in [5, 5.41) is 9.08.